The van der Waals surface area contributed by atoms with Crippen molar-refractivity contribution in [2.24, 2.45) is 0 Å². The van der Waals surface area contributed by atoms with E-state index in [9.17, 15) is 0 Å². The van der Waals surface area contributed by atoms with E-state index in [0.717, 1.165) is 25.0 Å². The summed E-state index contributed by atoms with van der Waals surface area (Å²) in [6, 6.07) is 0. The molecule has 1 nitrogen and oxygen atoms in total. The highest BCUT2D eigenvalue weighted by Crippen LogP contribution is 2.14. The number of hydrogen-bond donors (Lipinski definition) is 0. The van der Waals surface area contributed by atoms with E-state index in [0.29, 0.717) is 6.61 Å². The van der Waals surface area contributed by atoms with Crippen molar-refractivity contribution in [3.63, 3.8) is 0 Å². The molecule has 0 aromatic rings. The molecular weight excluding hydrogens is 208 g/mol. The monoisotopic (exact) mass is 230 g/mol. The van der Waals surface area contributed by atoms with Crippen LogP contribution < -0.4 is 0 Å². The van der Waals surface area contributed by atoms with Crippen molar-refractivity contribution in [3.8, 4) is 0 Å². The molecule has 0 saturated heterocycles. The van der Waals surface area contributed by atoms with Crippen molar-refractivity contribution in [1.82, 2.24) is 0 Å². The predicted molar refractivity (Wildman–Crippen MR) is 74.7 cm³/mol. The molecule has 0 N–H and O–H groups in total. The van der Waals surface area contributed by atoms with Crippen LogP contribution in [-0.2, 0) is 4.74 Å². The van der Waals surface area contributed by atoms with E-state index in [2.05, 4.69) is 37.8 Å². The van der Waals surface area contributed by atoms with Crippen LogP contribution in [0, 0.1) is 0 Å². The molecule has 0 amide bonds. The maximum atomic E-state index is 5.77. The number of unbranched alkanes of at least 4 members (excludes halogenated alkanes) is 1. The maximum Gasteiger partial charge on any atom is 0.113 e. The Morgan fingerprint density at radius 2 is 2.41 bits per heavy atom. The first-order chi connectivity index (χ1) is 8.36. The summed E-state index contributed by atoms with van der Waals surface area (Å²) in [5, 5.41) is 0. The standard InChI is InChI=1S/C16H22O/c1-3-5-7-11-15(10-4-2)14-17-16-12-8-6-9-13-16/h4,6-8,10-12H,2-3,5,9,13-14H2,1H3/b11-7-,15-10+. The second-order valence-corrected chi connectivity index (χ2v) is 4.06. The summed E-state index contributed by atoms with van der Waals surface area (Å²) >= 11 is 0. The van der Waals surface area contributed by atoms with Gasteiger partial charge in [0.05, 0.1) is 5.76 Å². The Morgan fingerprint density at radius 3 is 3.06 bits per heavy atom. The summed E-state index contributed by atoms with van der Waals surface area (Å²) in [4.78, 5) is 0. The third kappa shape index (κ3) is 5.96. The van der Waals surface area contributed by atoms with E-state index >= 15 is 0 Å². The minimum Gasteiger partial charge on any atom is -0.493 e. The Bertz CT molecular complexity index is 343. The van der Waals surface area contributed by atoms with Crippen LogP contribution >= 0.6 is 0 Å². The molecule has 0 aromatic heterocycles. The van der Waals surface area contributed by atoms with E-state index in [1.54, 1.807) is 0 Å². The summed E-state index contributed by atoms with van der Waals surface area (Å²) < 4.78 is 5.77. The zero-order chi connectivity index (χ0) is 12.3. The SMILES string of the molecule is C=C/C=C(\C=C/CCC)COC1=CC=CCC1. The smallest absolute Gasteiger partial charge is 0.113 e. The molecule has 0 bridgehead atoms. The number of rotatable bonds is 7. The van der Waals surface area contributed by atoms with Crippen molar-refractivity contribution in [2.45, 2.75) is 32.6 Å². The van der Waals surface area contributed by atoms with Crippen LogP contribution in [0.4, 0.5) is 0 Å². The van der Waals surface area contributed by atoms with E-state index in [1.165, 1.54) is 12.0 Å². The van der Waals surface area contributed by atoms with Gasteiger partial charge in [0.1, 0.15) is 6.61 Å². The Labute approximate surface area is 105 Å². The molecule has 0 aliphatic heterocycles. The second kappa shape index (κ2) is 8.63. The van der Waals surface area contributed by atoms with Gasteiger partial charge in [0.25, 0.3) is 0 Å². The van der Waals surface area contributed by atoms with Gasteiger partial charge < -0.3 is 4.74 Å². The molecule has 1 aliphatic carbocycles. The van der Waals surface area contributed by atoms with Gasteiger partial charge in [-0.15, -0.1) is 0 Å². The molecule has 0 unspecified atom stereocenters. The van der Waals surface area contributed by atoms with Crippen molar-refractivity contribution >= 4 is 0 Å². The third-order valence-corrected chi connectivity index (χ3v) is 2.52. The molecular formula is C16H22O. The predicted octanol–water partition coefficient (Wildman–Crippen LogP) is 4.71. The van der Waals surface area contributed by atoms with Crippen molar-refractivity contribution in [2.75, 3.05) is 6.61 Å². The molecule has 1 rings (SSSR count). The van der Waals surface area contributed by atoms with Crippen LogP contribution in [0.25, 0.3) is 0 Å². The Morgan fingerprint density at radius 1 is 1.53 bits per heavy atom. The average Bonchev–Trinajstić information content (AvgIpc) is 2.37. The van der Waals surface area contributed by atoms with E-state index in [-0.39, 0.29) is 0 Å². The van der Waals surface area contributed by atoms with Crippen LogP contribution in [0.1, 0.15) is 32.6 Å². The van der Waals surface area contributed by atoms with Crippen molar-refractivity contribution in [3.05, 3.63) is 60.4 Å². The van der Waals surface area contributed by atoms with Crippen molar-refractivity contribution in [1.29, 1.82) is 0 Å². The Balaban J connectivity index is 2.44. The number of ether oxygens (including phenoxy) is 1. The van der Waals surface area contributed by atoms with Gasteiger partial charge >= 0.3 is 0 Å². The zero-order valence-electron chi connectivity index (χ0n) is 10.7. The lowest BCUT2D eigenvalue weighted by Gasteiger charge is -2.11. The van der Waals surface area contributed by atoms with Gasteiger partial charge in [0.15, 0.2) is 0 Å². The maximum absolute atomic E-state index is 5.77. The Hall–Kier alpha value is -1.50. The molecule has 0 radical (unpaired) electrons. The first kappa shape index (κ1) is 13.6. The molecule has 0 fully saturated rings. The molecule has 1 heteroatoms. The highest BCUT2D eigenvalue weighted by molar-refractivity contribution is 5.24. The lowest BCUT2D eigenvalue weighted by molar-refractivity contribution is 0.230. The summed E-state index contributed by atoms with van der Waals surface area (Å²) in [5.74, 6) is 1.08. The normalized spacial score (nSPS) is 16.1. The van der Waals surface area contributed by atoms with Crippen LogP contribution in [0.5, 0.6) is 0 Å². The highest BCUT2D eigenvalue weighted by Gasteiger charge is 2.01. The summed E-state index contributed by atoms with van der Waals surface area (Å²) in [7, 11) is 0. The van der Waals surface area contributed by atoms with Crippen LogP contribution in [0.15, 0.2) is 60.4 Å². The van der Waals surface area contributed by atoms with Crippen LogP contribution in [0.3, 0.4) is 0 Å². The summed E-state index contributed by atoms with van der Waals surface area (Å²) in [6.45, 7) is 6.54. The molecule has 17 heavy (non-hydrogen) atoms. The van der Waals surface area contributed by atoms with E-state index in [4.69, 9.17) is 4.74 Å². The quantitative estimate of drug-likeness (QED) is 0.576. The second-order valence-electron chi connectivity index (χ2n) is 4.06. The van der Waals surface area contributed by atoms with Crippen LogP contribution in [0.2, 0.25) is 0 Å². The topological polar surface area (TPSA) is 9.23 Å². The lowest BCUT2D eigenvalue weighted by Crippen LogP contribution is -1.98. The van der Waals surface area contributed by atoms with Gasteiger partial charge in [-0.05, 0) is 24.5 Å². The molecule has 0 saturated carbocycles. The fraction of sp³-hybridized carbons (Fsp3) is 0.375. The van der Waals surface area contributed by atoms with Gasteiger partial charge in [-0.2, -0.15) is 0 Å². The van der Waals surface area contributed by atoms with Gasteiger partial charge in [0, 0.05) is 6.42 Å². The molecule has 0 heterocycles. The minimum atomic E-state index is 0.631. The molecule has 1 aliphatic rings. The first-order valence-electron chi connectivity index (χ1n) is 6.33. The van der Waals surface area contributed by atoms with Crippen molar-refractivity contribution < 1.29 is 4.74 Å². The largest absolute Gasteiger partial charge is 0.493 e. The van der Waals surface area contributed by atoms with E-state index < -0.39 is 0 Å². The van der Waals surface area contributed by atoms with Crippen LogP contribution in [-0.4, -0.2) is 6.61 Å². The molecule has 0 spiro atoms. The first-order valence-corrected chi connectivity index (χ1v) is 6.33. The summed E-state index contributed by atoms with van der Waals surface area (Å²) in [5.41, 5.74) is 1.17. The van der Waals surface area contributed by atoms with Gasteiger partial charge in [-0.1, -0.05) is 56.4 Å². The molecule has 92 valence electrons. The Kier molecular flexibility index (Phi) is 6.89. The summed E-state index contributed by atoms with van der Waals surface area (Å²) in [6.07, 6.45) is 18.8. The third-order valence-electron chi connectivity index (χ3n) is 2.52. The lowest BCUT2D eigenvalue weighted by atomic mass is 10.1. The highest BCUT2D eigenvalue weighted by atomic mass is 16.5. The number of allylic oxidation sites excluding steroid dienone is 7. The van der Waals surface area contributed by atoms with Gasteiger partial charge in [0.2, 0.25) is 0 Å². The number of hydrogen-bond acceptors (Lipinski definition) is 1. The van der Waals surface area contributed by atoms with Gasteiger partial charge in [-0.3, -0.25) is 0 Å². The minimum absolute atomic E-state index is 0.631. The molecule has 0 atom stereocenters. The molecule has 0 aromatic carbocycles. The zero-order valence-corrected chi connectivity index (χ0v) is 10.7. The van der Waals surface area contributed by atoms with E-state index in [1.807, 2.05) is 18.2 Å². The average molecular weight is 230 g/mol. The van der Waals surface area contributed by atoms with Gasteiger partial charge in [-0.25, -0.2) is 0 Å². The fourth-order valence-electron chi connectivity index (χ4n) is 1.58. The fourth-order valence-corrected chi connectivity index (χ4v) is 1.58.